The number of β-amino-alcohol motifs (C(OH)–C–C–N with tert-alkyl or cyclic N) is 1. The molecule has 0 aliphatic carbocycles. The summed E-state index contributed by atoms with van der Waals surface area (Å²) in [5, 5.41) is 12.1. The van der Waals surface area contributed by atoms with E-state index in [4.69, 9.17) is 4.74 Å². The lowest BCUT2D eigenvalue weighted by Gasteiger charge is -2.22. The minimum atomic E-state index is -4.12. The Morgan fingerprint density at radius 3 is 2.56 bits per heavy atom. The van der Waals surface area contributed by atoms with Crippen LogP contribution in [0.1, 0.15) is 17.5 Å². The van der Waals surface area contributed by atoms with Gasteiger partial charge in [-0.05, 0) is 49.2 Å². The molecule has 1 heterocycles. The quantitative estimate of drug-likeness (QED) is 0.626. The third-order valence-electron chi connectivity index (χ3n) is 5.14. The summed E-state index contributed by atoms with van der Waals surface area (Å²) < 4.78 is 58.7. The maximum absolute atomic E-state index is 13.6. The third-order valence-corrected chi connectivity index (χ3v) is 7.01. The number of hydrogen-bond donors (Lipinski definition) is 2. The second-order valence-corrected chi connectivity index (χ2v) is 9.40. The molecule has 32 heavy (non-hydrogen) atoms. The van der Waals surface area contributed by atoms with Crippen LogP contribution in [0.2, 0.25) is 0 Å². The highest BCUT2D eigenvalue weighted by molar-refractivity contribution is 7.89. The predicted octanol–water partition coefficient (Wildman–Crippen LogP) is 1.89. The summed E-state index contributed by atoms with van der Waals surface area (Å²) in [5.74, 6) is -3.63. The van der Waals surface area contributed by atoms with Gasteiger partial charge in [-0.2, -0.15) is 4.31 Å². The number of hydrogen-bond acceptors (Lipinski definition) is 6. The number of rotatable bonds is 6. The number of amides is 1. The second kappa shape index (κ2) is 9.31. The van der Waals surface area contributed by atoms with Crippen molar-refractivity contribution in [2.24, 2.45) is 0 Å². The molecule has 8 nitrogen and oxygen atoms in total. The molecule has 1 amide bonds. The highest BCUT2D eigenvalue weighted by atomic mass is 32.2. The summed E-state index contributed by atoms with van der Waals surface area (Å²) in [6, 6.07) is 5.64. The van der Waals surface area contributed by atoms with E-state index in [1.807, 2.05) is 6.92 Å². The number of nitrogens with one attached hydrogen (secondary N) is 1. The molecule has 0 bridgehead atoms. The molecule has 0 saturated carbocycles. The first kappa shape index (κ1) is 23.8. The Kier molecular flexibility index (Phi) is 6.91. The zero-order valence-corrected chi connectivity index (χ0v) is 18.2. The van der Waals surface area contributed by atoms with Gasteiger partial charge in [0.1, 0.15) is 17.7 Å². The summed E-state index contributed by atoms with van der Waals surface area (Å²) in [6.07, 6.45) is -1.30. The molecule has 2 aromatic carbocycles. The number of aliphatic hydroxyl groups excluding tert-OH is 1. The number of sulfonamides is 1. The zero-order valence-electron chi connectivity index (χ0n) is 17.3. The van der Waals surface area contributed by atoms with E-state index in [2.05, 4.69) is 5.32 Å². The average Bonchev–Trinajstić information content (AvgIpc) is 3.13. The monoisotopic (exact) mass is 468 g/mol. The molecule has 1 fully saturated rings. The number of aryl methyl sites for hydroxylation is 2. The van der Waals surface area contributed by atoms with Gasteiger partial charge in [0.25, 0.3) is 5.91 Å². The van der Waals surface area contributed by atoms with Crippen LogP contribution < -0.4 is 5.32 Å². The Bertz CT molecular complexity index is 1150. The van der Waals surface area contributed by atoms with Gasteiger partial charge in [-0.25, -0.2) is 17.2 Å². The third kappa shape index (κ3) is 5.12. The van der Waals surface area contributed by atoms with Crippen molar-refractivity contribution in [3.8, 4) is 0 Å². The summed E-state index contributed by atoms with van der Waals surface area (Å²) >= 11 is 0. The smallest absolute Gasteiger partial charge is 0.325 e. The second-order valence-electron chi connectivity index (χ2n) is 7.51. The van der Waals surface area contributed by atoms with E-state index in [0.29, 0.717) is 0 Å². The molecule has 11 heteroatoms. The van der Waals surface area contributed by atoms with Gasteiger partial charge < -0.3 is 15.2 Å². The van der Waals surface area contributed by atoms with Crippen molar-refractivity contribution >= 4 is 27.6 Å². The van der Waals surface area contributed by atoms with E-state index in [0.717, 1.165) is 33.6 Å². The predicted molar refractivity (Wildman–Crippen MR) is 110 cm³/mol. The van der Waals surface area contributed by atoms with E-state index < -0.39 is 58.0 Å². The molecule has 172 valence electrons. The fraction of sp³-hybridized carbons (Fsp3) is 0.333. The van der Waals surface area contributed by atoms with Gasteiger partial charge in [0.2, 0.25) is 10.0 Å². The van der Waals surface area contributed by atoms with Crippen molar-refractivity contribution in [1.29, 1.82) is 0 Å². The topological polar surface area (TPSA) is 113 Å². The van der Waals surface area contributed by atoms with Crippen LogP contribution in [-0.4, -0.2) is 55.0 Å². The molecule has 2 atom stereocenters. The van der Waals surface area contributed by atoms with Crippen LogP contribution in [-0.2, 0) is 24.3 Å². The lowest BCUT2D eigenvalue weighted by atomic mass is 10.1. The van der Waals surface area contributed by atoms with Gasteiger partial charge in [-0.15, -0.1) is 0 Å². The number of carbonyl (C=O) groups excluding carboxylic acids is 2. The largest absolute Gasteiger partial charge is 0.454 e. The van der Waals surface area contributed by atoms with E-state index in [1.165, 1.54) is 12.1 Å². The van der Waals surface area contributed by atoms with Crippen molar-refractivity contribution in [2.45, 2.75) is 37.3 Å². The van der Waals surface area contributed by atoms with Gasteiger partial charge in [0, 0.05) is 19.0 Å². The van der Waals surface area contributed by atoms with Crippen molar-refractivity contribution in [1.82, 2.24) is 4.31 Å². The summed E-state index contributed by atoms with van der Waals surface area (Å²) in [6.45, 7) is 2.42. The highest BCUT2D eigenvalue weighted by Crippen LogP contribution is 2.28. The SMILES string of the molecule is Cc1ccc(S(=O)(=O)N2CC(O)C[C@H]2C(=O)OCC(=O)Nc2cc(F)ccc2F)cc1C. The molecule has 0 radical (unpaired) electrons. The summed E-state index contributed by atoms with van der Waals surface area (Å²) in [7, 11) is -4.12. The fourth-order valence-electron chi connectivity index (χ4n) is 3.29. The molecule has 1 saturated heterocycles. The van der Waals surface area contributed by atoms with Gasteiger partial charge in [0.15, 0.2) is 6.61 Å². The molecule has 0 spiro atoms. The number of carbonyl (C=O) groups is 2. The molecule has 2 aromatic rings. The van der Waals surface area contributed by atoms with Crippen molar-refractivity contribution in [2.75, 3.05) is 18.5 Å². The van der Waals surface area contributed by atoms with Crippen LogP contribution in [0.25, 0.3) is 0 Å². The number of benzene rings is 2. The first-order chi connectivity index (χ1) is 15.0. The molecule has 2 N–H and O–H groups in total. The lowest BCUT2D eigenvalue weighted by molar-refractivity contribution is -0.150. The Balaban J connectivity index is 1.70. The number of esters is 1. The normalized spacial score (nSPS) is 19.0. The molecule has 3 rings (SSSR count). The Morgan fingerprint density at radius 2 is 1.88 bits per heavy atom. The van der Waals surface area contributed by atoms with Crippen LogP contribution in [0.3, 0.4) is 0 Å². The first-order valence-corrected chi connectivity index (χ1v) is 11.1. The average molecular weight is 468 g/mol. The Morgan fingerprint density at radius 1 is 1.16 bits per heavy atom. The van der Waals surface area contributed by atoms with Crippen molar-refractivity contribution in [3.63, 3.8) is 0 Å². The summed E-state index contributed by atoms with van der Waals surface area (Å²) in [4.78, 5) is 24.5. The number of nitrogens with zero attached hydrogens (tertiary/aromatic N) is 1. The van der Waals surface area contributed by atoms with Gasteiger partial charge in [-0.1, -0.05) is 6.07 Å². The Hall–Kier alpha value is -2.89. The van der Waals surface area contributed by atoms with Crippen molar-refractivity contribution < 1.29 is 36.6 Å². The minimum absolute atomic E-state index is 0.0353. The fourth-order valence-corrected chi connectivity index (χ4v) is 5.00. The highest BCUT2D eigenvalue weighted by Gasteiger charge is 2.44. The van der Waals surface area contributed by atoms with Crippen LogP contribution in [0.5, 0.6) is 0 Å². The Labute approximate surface area is 183 Å². The maximum Gasteiger partial charge on any atom is 0.325 e. The van der Waals surface area contributed by atoms with Crippen LogP contribution >= 0.6 is 0 Å². The minimum Gasteiger partial charge on any atom is -0.454 e. The van der Waals surface area contributed by atoms with E-state index in [9.17, 15) is 31.9 Å². The molecule has 1 unspecified atom stereocenters. The first-order valence-electron chi connectivity index (χ1n) is 9.67. The van der Waals surface area contributed by atoms with Crippen LogP contribution in [0, 0.1) is 25.5 Å². The number of halogens is 2. The number of aliphatic hydroxyl groups is 1. The molecule has 0 aromatic heterocycles. The standard InChI is InChI=1S/C21H22F2N2O6S/c1-12-3-5-16(7-13(12)2)32(29,30)25-10-15(26)9-19(25)21(28)31-11-20(27)24-18-8-14(22)4-6-17(18)23/h3-8,15,19,26H,9-11H2,1-2H3,(H,24,27)/t15?,19-/m0/s1. The number of ether oxygens (including phenoxy) is 1. The van der Waals surface area contributed by atoms with E-state index >= 15 is 0 Å². The van der Waals surface area contributed by atoms with E-state index in [1.54, 1.807) is 13.0 Å². The van der Waals surface area contributed by atoms with E-state index in [-0.39, 0.29) is 17.9 Å². The molecule has 1 aliphatic heterocycles. The molecule has 1 aliphatic rings. The molecular formula is C21H22F2N2O6S. The van der Waals surface area contributed by atoms with Crippen molar-refractivity contribution in [3.05, 3.63) is 59.2 Å². The van der Waals surface area contributed by atoms with Gasteiger partial charge in [0.05, 0.1) is 16.7 Å². The molecular weight excluding hydrogens is 446 g/mol. The lowest BCUT2D eigenvalue weighted by Crippen LogP contribution is -2.42. The number of anilines is 1. The zero-order chi connectivity index (χ0) is 23.6. The van der Waals surface area contributed by atoms with Gasteiger partial charge in [-0.3, -0.25) is 9.59 Å². The van der Waals surface area contributed by atoms with Crippen LogP contribution in [0.4, 0.5) is 14.5 Å². The maximum atomic E-state index is 13.6. The van der Waals surface area contributed by atoms with Gasteiger partial charge >= 0.3 is 5.97 Å². The summed E-state index contributed by atoms with van der Waals surface area (Å²) in [5.41, 5.74) is 1.20. The van der Waals surface area contributed by atoms with Crippen LogP contribution in [0.15, 0.2) is 41.3 Å².